The molecule has 2 atom stereocenters. The topological polar surface area (TPSA) is 58.9 Å². The maximum absolute atomic E-state index is 9.95. The number of aliphatic hydroxyl groups is 2. The van der Waals surface area contributed by atoms with Crippen LogP contribution in [0.3, 0.4) is 0 Å². The van der Waals surface area contributed by atoms with Crippen molar-refractivity contribution in [2.75, 3.05) is 14.2 Å². The van der Waals surface area contributed by atoms with Gasteiger partial charge < -0.3 is 19.7 Å². The van der Waals surface area contributed by atoms with E-state index in [4.69, 9.17) is 9.47 Å². The van der Waals surface area contributed by atoms with Crippen molar-refractivity contribution >= 4 is 0 Å². The zero-order chi connectivity index (χ0) is 16.2. The molecule has 21 heavy (non-hydrogen) atoms. The Morgan fingerprint density at radius 3 is 2.14 bits per heavy atom. The first-order chi connectivity index (χ1) is 9.70. The second-order valence-electron chi connectivity index (χ2n) is 6.21. The lowest BCUT2D eigenvalue weighted by atomic mass is 9.89. The molecular formula is C17H28O4. The van der Waals surface area contributed by atoms with Crippen molar-refractivity contribution in [1.82, 2.24) is 0 Å². The average Bonchev–Trinajstić information content (AvgIpc) is 2.42. The summed E-state index contributed by atoms with van der Waals surface area (Å²) in [5.41, 5.74) is 1.01. The molecule has 0 saturated heterocycles. The number of aryl methyl sites for hydroxylation is 1. The van der Waals surface area contributed by atoms with Gasteiger partial charge in [0, 0.05) is 5.56 Å². The Balaban J connectivity index is 2.89. The minimum Gasteiger partial charge on any atom is -0.496 e. The van der Waals surface area contributed by atoms with E-state index in [1.54, 1.807) is 28.1 Å². The van der Waals surface area contributed by atoms with Crippen molar-refractivity contribution in [2.45, 2.75) is 58.2 Å². The first-order valence-corrected chi connectivity index (χ1v) is 7.33. The maximum Gasteiger partial charge on any atom is 0.122 e. The predicted octanol–water partition coefficient (Wildman–Crippen LogP) is 3.03. The SMILES string of the molecule is COc1cc([C@H](C)CC[C@@H](O)C(C)(C)O)c(OC)cc1C. The molecule has 0 amide bonds. The van der Waals surface area contributed by atoms with E-state index in [1.807, 2.05) is 19.1 Å². The summed E-state index contributed by atoms with van der Waals surface area (Å²) in [6, 6.07) is 3.96. The van der Waals surface area contributed by atoms with Crippen LogP contribution in [0.15, 0.2) is 12.1 Å². The monoisotopic (exact) mass is 296 g/mol. The summed E-state index contributed by atoms with van der Waals surface area (Å²) >= 11 is 0. The first kappa shape index (κ1) is 17.8. The number of ether oxygens (including phenoxy) is 2. The average molecular weight is 296 g/mol. The van der Waals surface area contributed by atoms with Crippen LogP contribution in [0.1, 0.15) is 50.7 Å². The number of hydrogen-bond acceptors (Lipinski definition) is 4. The van der Waals surface area contributed by atoms with Gasteiger partial charge in [-0.3, -0.25) is 0 Å². The molecule has 120 valence electrons. The molecule has 0 aliphatic heterocycles. The zero-order valence-corrected chi connectivity index (χ0v) is 13.9. The van der Waals surface area contributed by atoms with Crippen molar-refractivity contribution in [3.63, 3.8) is 0 Å². The third-order valence-electron chi connectivity index (χ3n) is 3.97. The highest BCUT2D eigenvalue weighted by Gasteiger charge is 2.25. The van der Waals surface area contributed by atoms with Crippen LogP contribution in [0.5, 0.6) is 11.5 Å². The molecule has 1 rings (SSSR count). The van der Waals surface area contributed by atoms with Crippen LogP contribution in [0, 0.1) is 6.92 Å². The summed E-state index contributed by atoms with van der Waals surface area (Å²) in [6.45, 7) is 7.31. The number of rotatable bonds is 7. The van der Waals surface area contributed by atoms with Gasteiger partial charge in [0.25, 0.3) is 0 Å². The molecule has 0 spiro atoms. The van der Waals surface area contributed by atoms with Gasteiger partial charge in [-0.1, -0.05) is 6.92 Å². The van der Waals surface area contributed by atoms with Gasteiger partial charge >= 0.3 is 0 Å². The van der Waals surface area contributed by atoms with E-state index in [9.17, 15) is 10.2 Å². The highest BCUT2D eigenvalue weighted by atomic mass is 16.5. The van der Waals surface area contributed by atoms with E-state index in [2.05, 4.69) is 6.92 Å². The smallest absolute Gasteiger partial charge is 0.122 e. The normalized spacial score (nSPS) is 14.7. The molecule has 0 heterocycles. The van der Waals surface area contributed by atoms with Crippen molar-refractivity contribution in [3.05, 3.63) is 23.3 Å². The minimum absolute atomic E-state index is 0.200. The van der Waals surface area contributed by atoms with Gasteiger partial charge in [0.2, 0.25) is 0 Å². The van der Waals surface area contributed by atoms with Crippen molar-refractivity contribution < 1.29 is 19.7 Å². The summed E-state index contributed by atoms with van der Waals surface area (Å²) in [5, 5.41) is 19.7. The van der Waals surface area contributed by atoms with Crippen LogP contribution in [0.2, 0.25) is 0 Å². The fourth-order valence-corrected chi connectivity index (χ4v) is 2.38. The van der Waals surface area contributed by atoms with Crippen molar-refractivity contribution in [1.29, 1.82) is 0 Å². The Bertz CT molecular complexity index is 463. The number of hydrogen-bond donors (Lipinski definition) is 2. The van der Waals surface area contributed by atoms with Gasteiger partial charge in [0.1, 0.15) is 11.5 Å². The van der Waals surface area contributed by atoms with Crippen molar-refractivity contribution in [2.24, 2.45) is 0 Å². The molecule has 4 heteroatoms. The summed E-state index contributed by atoms with van der Waals surface area (Å²) in [6.07, 6.45) is 0.552. The maximum atomic E-state index is 9.95. The molecule has 1 aromatic rings. The molecule has 0 unspecified atom stereocenters. The van der Waals surface area contributed by atoms with E-state index in [-0.39, 0.29) is 5.92 Å². The Kier molecular flexibility index (Phi) is 6.05. The van der Waals surface area contributed by atoms with Crippen LogP contribution in [0.4, 0.5) is 0 Å². The molecule has 1 aromatic carbocycles. The second kappa shape index (κ2) is 7.14. The standard InChI is InChI=1S/C17H28O4/c1-11(7-8-16(18)17(3,4)19)13-10-14(20-5)12(2)9-15(13)21-6/h9-11,16,18-19H,7-8H2,1-6H3/t11-,16-/m1/s1. The van der Waals surface area contributed by atoms with Crippen LogP contribution >= 0.6 is 0 Å². The zero-order valence-electron chi connectivity index (χ0n) is 13.9. The molecule has 0 saturated carbocycles. The quantitative estimate of drug-likeness (QED) is 0.812. The number of aliphatic hydroxyl groups excluding tert-OH is 1. The molecular weight excluding hydrogens is 268 g/mol. The van der Waals surface area contributed by atoms with Gasteiger partial charge in [-0.15, -0.1) is 0 Å². The lowest BCUT2D eigenvalue weighted by Gasteiger charge is -2.26. The summed E-state index contributed by atoms with van der Waals surface area (Å²) in [7, 11) is 3.31. The summed E-state index contributed by atoms with van der Waals surface area (Å²) in [4.78, 5) is 0. The minimum atomic E-state index is -1.07. The van der Waals surface area contributed by atoms with E-state index in [0.29, 0.717) is 6.42 Å². The van der Waals surface area contributed by atoms with Gasteiger partial charge in [0.05, 0.1) is 25.9 Å². The van der Waals surface area contributed by atoms with E-state index in [1.165, 1.54) is 0 Å². The largest absolute Gasteiger partial charge is 0.496 e. The lowest BCUT2D eigenvalue weighted by molar-refractivity contribution is -0.0525. The third-order valence-corrected chi connectivity index (χ3v) is 3.97. The molecule has 0 radical (unpaired) electrons. The fourth-order valence-electron chi connectivity index (χ4n) is 2.38. The second-order valence-corrected chi connectivity index (χ2v) is 6.21. The van der Waals surface area contributed by atoms with Crippen molar-refractivity contribution in [3.8, 4) is 11.5 Å². The predicted molar refractivity (Wildman–Crippen MR) is 84.2 cm³/mol. The first-order valence-electron chi connectivity index (χ1n) is 7.33. The number of methoxy groups -OCH3 is 2. The van der Waals surface area contributed by atoms with Crippen LogP contribution in [0.25, 0.3) is 0 Å². The van der Waals surface area contributed by atoms with E-state index < -0.39 is 11.7 Å². The highest BCUT2D eigenvalue weighted by molar-refractivity contribution is 5.47. The Hall–Kier alpha value is -1.26. The van der Waals surface area contributed by atoms with Gasteiger partial charge in [0.15, 0.2) is 0 Å². The summed E-state index contributed by atoms with van der Waals surface area (Å²) in [5.74, 6) is 1.87. The molecule has 4 nitrogen and oxygen atoms in total. The van der Waals surface area contributed by atoms with E-state index in [0.717, 1.165) is 29.0 Å². The van der Waals surface area contributed by atoms with Crippen LogP contribution in [-0.2, 0) is 0 Å². The fraction of sp³-hybridized carbons (Fsp3) is 0.647. The Labute approximate surface area is 127 Å². The van der Waals surface area contributed by atoms with Gasteiger partial charge in [-0.2, -0.15) is 0 Å². The Morgan fingerprint density at radius 2 is 1.67 bits per heavy atom. The third kappa shape index (κ3) is 4.61. The van der Waals surface area contributed by atoms with Crippen LogP contribution in [-0.4, -0.2) is 36.1 Å². The Morgan fingerprint density at radius 1 is 1.10 bits per heavy atom. The molecule has 0 aliphatic carbocycles. The van der Waals surface area contributed by atoms with Gasteiger partial charge in [-0.25, -0.2) is 0 Å². The van der Waals surface area contributed by atoms with Crippen LogP contribution < -0.4 is 9.47 Å². The molecule has 0 fully saturated rings. The number of benzene rings is 1. The van der Waals surface area contributed by atoms with E-state index >= 15 is 0 Å². The molecule has 0 aliphatic rings. The molecule has 2 N–H and O–H groups in total. The van der Waals surface area contributed by atoms with Gasteiger partial charge in [-0.05, 0) is 57.2 Å². The molecule has 0 bridgehead atoms. The molecule has 0 aromatic heterocycles. The lowest BCUT2D eigenvalue weighted by Crippen LogP contribution is -2.35. The summed E-state index contributed by atoms with van der Waals surface area (Å²) < 4.78 is 10.8. The highest BCUT2D eigenvalue weighted by Crippen LogP contribution is 2.35.